The second-order valence-electron chi connectivity index (χ2n) is 11.1. The number of allylic oxidation sites excluding steroid dienone is 2. The number of para-hydroxylation sites is 1. The first-order valence-electron chi connectivity index (χ1n) is 12.7. The van der Waals surface area contributed by atoms with Crippen molar-refractivity contribution in [3.63, 3.8) is 0 Å². The van der Waals surface area contributed by atoms with E-state index in [-0.39, 0.29) is 18.6 Å². The number of hydrogen-bond acceptors (Lipinski definition) is 5. The van der Waals surface area contributed by atoms with Gasteiger partial charge in [-0.25, -0.2) is 4.79 Å². The van der Waals surface area contributed by atoms with Crippen molar-refractivity contribution in [2.24, 2.45) is 16.2 Å². The predicted octanol–water partition coefficient (Wildman–Crippen LogP) is 5.44. The monoisotopic (exact) mass is 501 g/mol. The summed E-state index contributed by atoms with van der Waals surface area (Å²) in [6, 6.07) is 17.4. The molecule has 1 amide bonds. The SMILES string of the molecule is COc1ccc(C2=C(C)C3(C)C(C(=O)N(C)c4ccccc4)=C(C(=O)OCC4CO4)C2(C)C3(C)C)cc1. The number of carbonyl (C=O) groups excluding carboxylic acids is 2. The summed E-state index contributed by atoms with van der Waals surface area (Å²) in [6.45, 7) is 11.4. The van der Waals surface area contributed by atoms with Crippen molar-refractivity contribution >= 4 is 23.1 Å². The summed E-state index contributed by atoms with van der Waals surface area (Å²) in [5.41, 5.74) is 2.97. The Hall–Kier alpha value is -3.38. The van der Waals surface area contributed by atoms with E-state index in [9.17, 15) is 9.59 Å². The number of rotatable bonds is 7. The maximum Gasteiger partial charge on any atom is 0.335 e. The third kappa shape index (κ3) is 3.42. The summed E-state index contributed by atoms with van der Waals surface area (Å²) < 4.78 is 16.5. The quantitative estimate of drug-likeness (QED) is 0.374. The molecular weight excluding hydrogens is 466 g/mol. The number of hydrogen-bond donors (Lipinski definition) is 0. The van der Waals surface area contributed by atoms with Crippen LogP contribution in [0.3, 0.4) is 0 Å². The molecule has 37 heavy (non-hydrogen) atoms. The number of anilines is 1. The van der Waals surface area contributed by atoms with E-state index in [2.05, 4.69) is 34.6 Å². The van der Waals surface area contributed by atoms with Crippen LogP contribution in [0.4, 0.5) is 5.69 Å². The van der Waals surface area contributed by atoms with Crippen molar-refractivity contribution in [3.05, 3.63) is 76.9 Å². The zero-order chi connectivity index (χ0) is 26.8. The molecule has 3 aliphatic rings. The summed E-state index contributed by atoms with van der Waals surface area (Å²) in [7, 11) is 3.41. The lowest BCUT2D eigenvalue weighted by molar-refractivity contribution is -0.141. The highest BCUT2D eigenvalue weighted by atomic mass is 16.6. The first-order chi connectivity index (χ1) is 17.5. The van der Waals surface area contributed by atoms with Gasteiger partial charge in [0.2, 0.25) is 0 Å². The average molecular weight is 502 g/mol. The highest BCUT2D eigenvalue weighted by Gasteiger charge is 2.72. The molecule has 1 fully saturated rings. The van der Waals surface area contributed by atoms with Gasteiger partial charge in [-0.05, 0) is 47.7 Å². The number of likely N-dealkylation sites (N-methyl/N-ethyl adjacent to an activating group) is 1. The van der Waals surface area contributed by atoms with E-state index in [1.165, 1.54) is 0 Å². The minimum atomic E-state index is -0.759. The number of carbonyl (C=O) groups is 2. The van der Waals surface area contributed by atoms with Gasteiger partial charge in [-0.1, -0.05) is 63.6 Å². The Balaban J connectivity index is 1.70. The fraction of sp³-hybridized carbons (Fsp3) is 0.419. The molecule has 3 unspecified atom stereocenters. The number of esters is 1. The minimum absolute atomic E-state index is 0.0657. The molecule has 6 nitrogen and oxygen atoms in total. The molecule has 0 aromatic heterocycles. The van der Waals surface area contributed by atoms with Crippen LogP contribution < -0.4 is 9.64 Å². The molecular formula is C31H35NO5. The molecule has 1 aliphatic heterocycles. The molecule has 5 rings (SSSR count). The predicted molar refractivity (Wildman–Crippen MR) is 143 cm³/mol. The van der Waals surface area contributed by atoms with Crippen LogP contribution in [0.2, 0.25) is 0 Å². The molecule has 2 aromatic rings. The van der Waals surface area contributed by atoms with Crippen molar-refractivity contribution in [1.29, 1.82) is 0 Å². The number of ether oxygens (including phenoxy) is 3. The van der Waals surface area contributed by atoms with Gasteiger partial charge in [-0.3, -0.25) is 4.79 Å². The molecule has 0 saturated carbocycles. The van der Waals surface area contributed by atoms with Crippen LogP contribution in [-0.4, -0.2) is 45.4 Å². The highest BCUT2D eigenvalue weighted by molar-refractivity contribution is 6.16. The molecule has 0 radical (unpaired) electrons. The lowest BCUT2D eigenvalue weighted by Crippen LogP contribution is -2.41. The van der Waals surface area contributed by atoms with Gasteiger partial charge in [-0.15, -0.1) is 0 Å². The van der Waals surface area contributed by atoms with Crippen LogP contribution in [0.5, 0.6) is 5.75 Å². The Bertz CT molecular complexity index is 1320. The maximum atomic E-state index is 14.3. The van der Waals surface area contributed by atoms with Gasteiger partial charge in [0.05, 0.1) is 19.3 Å². The van der Waals surface area contributed by atoms with Crippen molar-refractivity contribution in [2.45, 2.75) is 40.7 Å². The molecule has 0 spiro atoms. The van der Waals surface area contributed by atoms with Gasteiger partial charge < -0.3 is 19.1 Å². The van der Waals surface area contributed by atoms with Crippen LogP contribution in [-0.2, 0) is 19.1 Å². The number of methoxy groups -OCH3 is 1. The van der Waals surface area contributed by atoms with E-state index in [0.29, 0.717) is 17.8 Å². The Morgan fingerprint density at radius 1 is 0.973 bits per heavy atom. The largest absolute Gasteiger partial charge is 0.497 e. The summed E-state index contributed by atoms with van der Waals surface area (Å²) in [5, 5.41) is 0. The fourth-order valence-electron chi connectivity index (χ4n) is 6.58. The highest BCUT2D eigenvalue weighted by Crippen LogP contribution is 2.78. The molecule has 1 saturated heterocycles. The van der Waals surface area contributed by atoms with Crippen LogP contribution in [0, 0.1) is 16.2 Å². The van der Waals surface area contributed by atoms with Gasteiger partial charge in [0.1, 0.15) is 18.5 Å². The normalized spacial score (nSPS) is 27.4. The van der Waals surface area contributed by atoms with Crippen molar-refractivity contribution in [1.82, 2.24) is 0 Å². The van der Waals surface area contributed by atoms with E-state index in [0.717, 1.165) is 28.1 Å². The molecule has 2 bridgehead atoms. The number of nitrogens with zero attached hydrogens (tertiary/aromatic N) is 1. The molecule has 0 N–H and O–H groups in total. The average Bonchev–Trinajstić information content (AvgIpc) is 3.70. The van der Waals surface area contributed by atoms with E-state index >= 15 is 0 Å². The first kappa shape index (κ1) is 25.3. The summed E-state index contributed by atoms with van der Waals surface area (Å²) in [6.07, 6.45) is -0.0657. The topological polar surface area (TPSA) is 68.4 Å². The molecule has 6 heteroatoms. The first-order valence-corrected chi connectivity index (χ1v) is 12.7. The number of epoxide rings is 1. The smallest absolute Gasteiger partial charge is 0.335 e. The van der Waals surface area contributed by atoms with Gasteiger partial charge in [0.25, 0.3) is 5.91 Å². The van der Waals surface area contributed by atoms with Gasteiger partial charge >= 0.3 is 5.97 Å². The Labute approximate surface area is 218 Å². The number of benzene rings is 2. The van der Waals surface area contributed by atoms with E-state index in [1.54, 1.807) is 19.1 Å². The Morgan fingerprint density at radius 3 is 2.16 bits per heavy atom. The number of fused-ring (bicyclic) bond motifs is 2. The third-order valence-corrected chi connectivity index (χ3v) is 9.42. The van der Waals surface area contributed by atoms with Crippen LogP contribution in [0.15, 0.2) is 71.3 Å². The second-order valence-corrected chi connectivity index (χ2v) is 11.1. The van der Waals surface area contributed by atoms with Crippen molar-refractivity contribution in [3.8, 4) is 5.75 Å². The second kappa shape index (κ2) is 8.59. The standard InChI is InChI=1S/C31H35NO5/c1-19-24(20-13-15-22(35-7)16-14-20)31(5)26(28(34)37-18-23-17-36-23)25(30(19,4)29(31,2)3)27(33)32(6)21-11-9-8-10-12-21/h8-16,23H,17-18H2,1-7H3. The third-order valence-electron chi connectivity index (χ3n) is 9.42. The van der Waals surface area contributed by atoms with Crippen molar-refractivity contribution in [2.75, 3.05) is 32.3 Å². The fourth-order valence-corrected chi connectivity index (χ4v) is 6.58. The van der Waals surface area contributed by atoms with E-state index in [4.69, 9.17) is 14.2 Å². The summed E-state index contributed by atoms with van der Waals surface area (Å²) in [4.78, 5) is 29.9. The zero-order valence-corrected chi connectivity index (χ0v) is 22.7. The molecule has 1 heterocycles. The van der Waals surface area contributed by atoms with Crippen molar-refractivity contribution < 1.29 is 23.8 Å². The number of amides is 1. The van der Waals surface area contributed by atoms with Crippen LogP contribution in [0.25, 0.3) is 5.57 Å². The van der Waals surface area contributed by atoms with Gasteiger partial charge in [-0.2, -0.15) is 0 Å². The van der Waals surface area contributed by atoms with E-state index in [1.807, 2.05) is 54.6 Å². The zero-order valence-electron chi connectivity index (χ0n) is 22.7. The molecule has 194 valence electrons. The minimum Gasteiger partial charge on any atom is -0.497 e. The molecule has 3 atom stereocenters. The summed E-state index contributed by atoms with van der Waals surface area (Å²) >= 11 is 0. The molecule has 2 aliphatic carbocycles. The molecule has 2 aromatic carbocycles. The van der Waals surface area contributed by atoms with Gasteiger partial charge in [0.15, 0.2) is 0 Å². The lowest BCUT2D eigenvalue weighted by Gasteiger charge is -2.43. The van der Waals surface area contributed by atoms with Crippen LogP contribution >= 0.6 is 0 Å². The Morgan fingerprint density at radius 2 is 1.59 bits per heavy atom. The Kier molecular flexibility index (Phi) is 5.87. The lowest BCUT2D eigenvalue weighted by atomic mass is 9.59. The van der Waals surface area contributed by atoms with E-state index < -0.39 is 22.2 Å². The van der Waals surface area contributed by atoms with Gasteiger partial charge in [0, 0.05) is 29.1 Å². The maximum absolute atomic E-state index is 14.3. The van der Waals surface area contributed by atoms with Crippen LogP contribution in [0.1, 0.15) is 40.2 Å². The summed E-state index contributed by atoms with van der Waals surface area (Å²) in [5.74, 6) is 0.132.